The number of halogens is 6. The molecule has 0 aromatic carbocycles. The molecule has 3 aromatic heterocycles. The molecule has 2 N–H and O–H groups in total. The molecule has 0 radical (unpaired) electrons. The highest BCUT2D eigenvalue weighted by molar-refractivity contribution is 5.73. The monoisotopic (exact) mass is 536 g/mol. The van der Waals surface area contributed by atoms with Crippen molar-refractivity contribution in [2.75, 3.05) is 18.1 Å². The Balaban J connectivity index is 0.000000286. The van der Waals surface area contributed by atoms with Gasteiger partial charge in [0.25, 0.3) is 0 Å². The molecule has 1 atom stereocenters. The second kappa shape index (κ2) is 12.5. The summed E-state index contributed by atoms with van der Waals surface area (Å²) < 4.78 is 71.5. The van der Waals surface area contributed by atoms with Gasteiger partial charge >= 0.3 is 24.3 Å². The van der Waals surface area contributed by atoms with Crippen molar-refractivity contribution in [3.63, 3.8) is 0 Å². The molecule has 4 heterocycles. The Morgan fingerprint density at radius 3 is 2.03 bits per heavy atom. The maximum absolute atomic E-state index is 10.6. The summed E-state index contributed by atoms with van der Waals surface area (Å²) in [6.45, 7) is 2.02. The van der Waals surface area contributed by atoms with E-state index < -0.39 is 24.3 Å². The first-order chi connectivity index (χ1) is 17.3. The molecule has 0 fully saturated rings. The van der Waals surface area contributed by atoms with E-state index in [0.29, 0.717) is 12.5 Å². The van der Waals surface area contributed by atoms with Crippen LogP contribution in [0.5, 0.6) is 5.88 Å². The number of ether oxygens (including phenoxy) is 1. The summed E-state index contributed by atoms with van der Waals surface area (Å²) in [5.74, 6) is -4.16. The largest absolute Gasteiger partial charge is 0.490 e. The molecule has 4 rings (SSSR count). The standard InChI is InChI=1S/C16H16N6O.2C2HF3O2/c1-2-5-18-15(4-1)23-11-14-10-21(16-19-6-3-7-20-16)9-13-8-17-12-22(13)14;2*3-2(4,5)1(6)7/h1-8,12,14H,9-11H2;2*(H,6,7). The van der Waals surface area contributed by atoms with Gasteiger partial charge in [-0.15, -0.1) is 0 Å². The summed E-state index contributed by atoms with van der Waals surface area (Å²) in [4.78, 5) is 37.1. The summed E-state index contributed by atoms with van der Waals surface area (Å²) in [6, 6.07) is 7.59. The van der Waals surface area contributed by atoms with Crippen LogP contribution in [0.25, 0.3) is 0 Å². The number of imidazole rings is 1. The van der Waals surface area contributed by atoms with E-state index in [9.17, 15) is 26.3 Å². The van der Waals surface area contributed by atoms with Gasteiger partial charge in [-0.2, -0.15) is 26.3 Å². The van der Waals surface area contributed by atoms with Crippen molar-refractivity contribution < 1.29 is 50.9 Å². The summed E-state index contributed by atoms with van der Waals surface area (Å²) in [5, 5.41) is 14.2. The minimum Gasteiger partial charge on any atom is -0.475 e. The van der Waals surface area contributed by atoms with E-state index in [1.807, 2.05) is 36.8 Å². The van der Waals surface area contributed by atoms with E-state index in [0.717, 1.165) is 24.7 Å². The second-order valence-corrected chi connectivity index (χ2v) is 6.96. The lowest BCUT2D eigenvalue weighted by molar-refractivity contribution is -0.193. The number of rotatable bonds is 4. The number of pyridine rings is 1. The number of hydrogen-bond donors (Lipinski definition) is 2. The highest BCUT2D eigenvalue weighted by Crippen LogP contribution is 2.24. The van der Waals surface area contributed by atoms with Crippen molar-refractivity contribution in [2.24, 2.45) is 0 Å². The van der Waals surface area contributed by atoms with Crippen molar-refractivity contribution in [1.82, 2.24) is 24.5 Å². The van der Waals surface area contributed by atoms with Crippen LogP contribution in [0, 0.1) is 0 Å². The molecule has 11 nitrogen and oxygen atoms in total. The number of hydrogen-bond acceptors (Lipinski definition) is 8. The Bertz CT molecular complexity index is 1120. The summed E-state index contributed by atoms with van der Waals surface area (Å²) in [5.41, 5.74) is 1.12. The number of anilines is 1. The third kappa shape index (κ3) is 9.26. The molecule has 37 heavy (non-hydrogen) atoms. The molecule has 0 amide bonds. The fourth-order valence-electron chi connectivity index (χ4n) is 2.74. The Morgan fingerprint density at radius 1 is 0.946 bits per heavy atom. The van der Waals surface area contributed by atoms with Crippen molar-refractivity contribution in [3.05, 3.63) is 61.1 Å². The van der Waals surface area contributed by atoms with Crippen LogP contribution in [0.3, 0.4) is 0 Å². The van der Waals surface area contributed by atoms with E-state index in [1.165, 1.54) is 0 Å². The summed E-state index contributed by atoms with van der Waals surface area (Å²) in [6.07, 6.45) is -1.20. The zero-order valence-corrected chi connectivity index (χ0v) is 18.5. The molecule has 1 unspecified atom stereocenters. The lowest BCUT2D eigenvalue weighted by Gasteiger charge is -2.34. The number of nitrogens with zero attached hydrogens (tertiary/aromatic N) is 6. The maximum Gasteiger partial charge on any atom is 0.490 e. The lowest BCUT2D eigenvalue weighted by Crippen LogP contribution is -2.40. The smallest absolute Gasteiger partial charge is 0.475 e. The number of alkyl halides is 6. The first-order valence-corrected chi connectivity index (χ1v) is 9.95. The Labute approximate surface area is 204 Å². The number of fused-ring (bicyclic) bond motifs is 1. The molecule has 0 spiro atoms. The molecule has 3 aromatic rings. The summed E-state index contributed by atoms with van der Waals surface area (Å²) in [7, 11) is 0. The maximum atomic E-state index is 10.6. The zero-order valence-electron chi connectivity index (χ0n) is 18.5. The minimum atomic E-state index is -5.08. The SMILES string of the molecule is O=C(O)C(F)(F)F.O=C(O)C(F)(F)F.c1ccc(OCC2CN(c3ncccn3)Cc3cncn32)nc1. The highest BCUT2D eigenvalue weighted by Gasteiger charge is 2.38. The van der Waals surface area contributed by atoms with Gasteiger partial charge in [0, 0.05) is 37.4 Å². The van der Waals surface area contributed by atoms with Crippen molar-refractivity contribution in [3.8, 4) is 5.88 Å². The molecule has 1 aliphatic heterocycles. The molecule has 0 saturated carbocycles. The van der Waals surface area contributed by atoms with Crippen LogP contribution in [-0.4, -0.2) is 72.2 Å². The van der Waals surface area contributed by atoms with Gasteiger partial charge in [-0.05, 0) is 12.1 Å². The molecule has 0 bridgehead atoms. The number of carboxylic acid groups (broad SMARTS) is 2. The number of carbonyl (C=O) groups is 2. The van der Waals surface area contributed by atoms with Crippen molar-refractivity contribution in [2.45, 2.75) is 24.9 Å². The van der Waals surface area contributed by atoms with E-state index in [-0.39, 0.29) is 6.04 Å². The van der Waals surface area contributed by atoms with Crippen LogP contribution in [0.15, 0.2) is 55.4 Å². The van der Waals surface area contributed by atoms with Crippen LogP contribution in [0.1, 0.15) is 11.7 Å². The first-order valence-electron chi connectivity index (χ1n) is 9.95. The zero-order chi connectivity index (χ0) is 27.6. The van der Waals surface area contributed by atoms with Gasteiger partial charge in [-0.3, -0.25) is 0 Å². The van der Waals surface area contributed by atoms with Crippen molar-refractivity contribution in [1.29, 1.82) is 0 Å². The molecule has 17 heteroatoms. The normalized spacial score (nSPS) is 14.8. The van der Waals surface area contributed by atoms with Crippen LogP contribution >= 0.6 is 0 Å². The Morgan fingerprint density at radius 2 is 1.51 bits per heavy atom. The van der Waals surface area contributed by atoms with Crippen LogP contribution in [0.4, 0.5) is 32.3 Å². The third-order valence-corrected chi connectivity index (χ3v) is 4.31. The molecule has 0 aliphatic carbocycles. The predicted octanol–water partition coefficient (Wildman–Crippen LogP) is 2.98. The molecule has 0 saturated heterocycles. The number of aliphatic carboxylic acids is 2. The highest BCUT2D eigenvalue weighted by atomic mass is 19.4. The van der Waals surface area contributed by atoms with Gasteiger partial charge in [-0.1, -0.05) is 6.07 Å². The Kier molecular flexibility index (Phi) is 9.73. The lowest BCUT2D eigenvalue weighted by atomic mass is 10.2. The third-order valence-electron chi connectivity index (χ3n) is 4.31. The van der Waals surface area contributed by atoms with Crippen LogP contribution in [-0.2, 0) is 16.1 Å². The summed E-state index contributed by atoms with van der Waals surface area (Å²) >= 11 is 0. The fraction of sp³-hybridized carbons (Fsp3) is 0.300. The van der Waals surface area contributed by atoms with Crippen LogP contribution in [0.2, 0.25) is 0 Å². The Hall–Kier alpha value is -4.44. The van der Waals surface area contributed by atoms with Crippen molar-refractivity contribution >= 4 is 17.9 Å². The van der Waals surface area contributed by atoms with E-state index in [2.05, 4.69) is 29.4 Å². The fourth-order valence-corrected chi connectivity index (χ4v) is 2.74. The second-order valence-electron chi connectivity index (χ2n) is 6.96. The van der Waals surface area contributed by atoms with Crippen LogP contribution < -0.4 is 9.64 Å². The number of aromatic nitrogens is 5. The van der Waals surface area contributed by atoms with Gasteiger partial charge in [0.1, 0.15) is 6.61 Å². The van der Waals surface area contributed by atoms with Gasteiger partial charge in [0.05, 0.1) is 24.6 Å². The minimum absolute atomic E-state index is 0.132. The predicted molar refractivity (Wildman–Crippen MR) is 111 cm³/mol. The topological polar surface area (TPSA) is 144 Å². The average molecular weight is 536 g/mol. The average Bonchev–Trinajstić information content (AvgIpc) is 3.32. The number of carboxylic acids is 2. The van der Waals surface area contributed by atoms with E-state index >= 15 is 0 Å². The van der Waals surface area contributed by atoms with E-state index in [4.69, 9.17) is 24.5 Å². The molecule has 200 valence electrons. The molecular formula is C20H18F6N6O5. The molecular weight excluding hydrogens is 518 g/mol. The van der Waals surface area contributed by atoms with Gasteiger partial charge in [-0.25, -0.2) is 29.5 Å². The van der Waals surface area contributed by atoms with E-state index in [1.54, 1.807) is 18.6 Å². The van der Waals surface area contributed by atoms with Gasteiger partial charge in [0.15, 0.2) is 0 Å². The quantitative estimate of drug-likeness (QED) is 0.478. The first kappa shape index (κ1) is 28.8. The van der Waals surface area contributed by atoms with Gasteiger partial charge < -0.3 is 24.4 Å². The van der Waals surface area contributed by atoms with Gasteiger partial charge in [0.2, 0.25) is 11.8 Å². The molecule has 1 aliphatic rings.